The number of carbonyl (C=O) groups excluding carboxylic acids is 2. The first-order valence-electron chi connectivity index (χ1n) is 7.49. The molecule has 2 heterocycles. The number of urea groups is 1. The maximum absolute atomic E-state index is 13.5. The number of rotatable bonds is 4. The minimum absolute atomic E-state index is 0.0184. The molecule has 0 spiro atoms. The normalized spacial score (nSPS) is 10.5. The lowest BCUT2D eigenvalue weighted by Gasteiger charge is -2.15. The number of anilines is 1. The van der Waals surface area contributed by atoms with Crippen LogP contribution in [0.1, 0.15) is 41.4 Å². The Bertz CT molecular complexity index is 887. The summed E-state index contributed by atoms with van der Waals surface area (Å²) in [5, 5.41) is 3.84. The van der Waals surface area contributed by atoms with Crippen molar-refractivity contribution in [2.45, 2.75) is 19.8 Å². The second-order valence-corrected chi connectivity index (χ2v) is 6.24. The molecule has 2 aromatic rings. The number of halogens is 3. The largest absolute Gasteiger partial charge is 0.326 e. The van der Waals surface area contributed by atoms with Crippen LogP contribution >= 0.6 is 23.2 Å². The van der Waals surface area contributed by atoms with Gasteiger partial charge in [-0.1, -0.05) is 49.7 Å². The van der Waals surface area contributed by atoms with Gasteiger partial charge in [-0.2, -0.15) is 0 Å². The molecule has 0 aliphatic heterocycles. The number of nitrogens with one attached hydrogen (secondary N) is 2. The Morgan fingerprint density at radius 1 is 1.31 bits per heavy atom. The van der Waals surface area contributed by atoms with Gasteiger partial charge in [0.15, 0.2) is 11.0 Å². The van der Waals surface area contributed by atoms with E-state index in [1.165, 1.54) is 0 Å². The lowest BCUT2D eigenvalue weighted by atomic mass is 10.0. The van der Waals surface area contributed by atoms with Crippen molar-refractivity contribution < 1.29 is 14.0 Å². The summed E-state index contributed by atoms with van der Waals surface area (Å²) in [6.45, 7) is 7.51. The van der Waals surface area contributed by atoms with Crippen LogP contribution in [0.2, 0.25) is 10.3 Å². The van der Waals surface area contributed by atoms with E-state index in [0.717, 1.165) is 6.07 Å². The predicted octanol–water partition coefficient (Wildman–Crippen LogP) is 4.65. The molecule has 2 aromatic heterocycles. The van der Waals surface area contributed by atoms with Crippen molar-refractivity contribution in [3.63, 3.8) is 0 Å². The van der Waals surface area contributed by atoms with Gasteiger partial charge in [-0.05, 0) is 18.1 Å². The van der Waals surface area contributed by atoms with Crippen molar-refractivity contribution in [3.05, 3.63) is 57.9 Å². The smallest absolute Gasteiger partial charge is 0.305 e. The van der Waals surface area contributed by atoms with Crippen LogP contribution in [0.25, 0.3) is 6.08 Å². The molecule has 9 heteroatoms. The van der Waals surface area contributed by atoms with E-state index in [4.69, 9.17) is 23.2 Å². The zero-order valence-electron chi connectivity index (χ0n) is 13.9. The van der Waals surface area contributed by atoms with E-state index in [9.17, 15) is 14.0 Å². The fourth-order valence-corrected chi connectivity index (χ4v) is 2.57. The molecule has 0 radical (unpaired) electrons. The van der Waals surface area contributed by atoms with Gasteiger partial charge in [-0.25, -0.2) is 14.2 Å². The van der Waals surface area contributed by atoms with Gasteiger partial charge in [0.05, 0.1) is 16.9 Å². The van der Waals surface area contributed by atoms with Crippen LogP contribution in [0.5, 0.6) is 0 Å². The monoisotopic (exact) mass is 396 g/mol. The van der Waals surface area contributed by atoms with Gasteiger partial charge in [0, 0.05) is 11.8 Å². The number of nitrogens with zero attached hydrogens (tertiary/aromatic N) is 2. The molecule has 2 N–H and O–H groups in total. The highest BCUT2D eigenvalue weighted by molar-refractivity contribution is 6.35. The summed E-state index contributed by atoms with van der Waals surface area (Å²) < 4.78 is 13.5. The van der Waals surface area contributed by atoms with Gasteiger partial charge in [-0.3, -0.25) is 15.1 Å². The number of amides is 3. The van der Waals surface area contributed by atoms with Crippen molar-refractivity contribution in [1.29, 1.82) is 0 Å². The van der Waals surface area contributed by atoms with Gasteiger partial charge < -0.3 is 5.32 Å². The number of pyridine rings is 2. The van der Waals surface area contributed by atoms with Crippen LogP contribution in [0.3, 0.4) is 0 Å². The SMILES string of the molecule is C=Cc1ccnc(C(C)C)c1NC(=O)NC(=O)c1cc(F)c(Cl)nc1Cl. The summed E-state index contributed by atoms with van der Waals surface area (Å²) in [5.41, 5.74) is 1.38. The Morgan fingerprint density at radius 2 is 2.00 bits per heavy atom. The zero-order valence-corrected chi connectivity index (χ0v) is 15.5. The summed E-state index contributed by atoms with van der Waals surface area (Å²) in [6, 6.07) is 1.64. The van der Waals surface area contributed by atoms with Gasteiger partial charge >= 0.3 is 6.03 Å². The topological polar surface area (TPSA) is 84.0 Å². The Kier molecular flexibility index (Phi) is 6.28. The molecule has 0 saturated carbocycles. The Balaban J connectivity index is 2.23. The summed E-state index contributed by atoms with van der Waals surface area (Å²) in [6.07, 6.45) is 3.16. The summed E-state index contributed by atoms with van der Waals surface area (Å²) in [5.74, 6) is -1.83. The molecule has 0 saturated heterocycles. The van der Waals surface area contributed by atoms with E-state index in [-0.39, 0.29) is 16.6 Å². The standard InChI is InChI=1S/C17H15Cl2FN4O2/c1-4-9-5-6-21-12(8(2)3)13(9)22-17(26)24-16(25)10-7-11(20)15(19)23-14(10)18/h4-8H,1H2,2-3H3,(H2,22,24,25,26). The first-order valence-corrected chi connectivity index (χ1v) is 8.25. The summed E-state index contributed by atoms with van der Waals surface area (Å²) in [7, 11) is 0. The van der Waals surface area contributed by atoms with Crippen molar-refractivity contribution in [2.75, 3.05) is 5.32 Å². The Hall–Kier alpha value is -2.51. The molecule has 0 bridgehead atoms. The van der Waals surface area contributed by atoms with Gasteiger partial charge in [0.1, 0.15) is 5.15 Å². The molecule has 0 aliphatic carbocycles. The molecule has 0 unspecified atom stereocenters. The van der Waals surface area contributed by atoms with E-state index in [1.807, 2.05) is 13.8 Å². The third-order valence-electron chi connectivity index (χ3n) is 3.38. The lowest BCUT2D eigenvalue weighted by molar-refractivity contribution is 0.0966. The number of hydrogen-bond acceptors (Lipinski definition) is 4. The summed E-state index contributed by atoms with van der Waals surface area (Å²) in [4.78, 5) is 32.1. The van der Waals surface area contributed by atoms with E-state index in [0.29, 0.717) is 16.9 Å². The van der Waals surface area contributed by atoms with Crippen molar-refractivity contribution in [3.8, 4) is 0 Å². The van der Waals surface area contributed by atoms with Crippen LogP contribution in [0.4, 0.5) is 14.9 Å². The second kappa shape index (κ2) is 8.25. The molecular formula is C17H15Cl2FN4O2. The van der Waals surface area contributed by atoms with E-state index >= 15 is 0 Å². The lowest BCUT2D eigenvalue weighted by Crippen LogP contribution is -2.35. The average Bonchev–Trinajstić information content (AvgIpc) is 2.57. The zero-order chi connectivity index (χ0) is 19.4. The van der Waals surface area contributed by atoms with Crippen LogP contribution in [-0.4, -0.2) is 21.9 Å². The number of hydrogen-bond donors (Lipinski definition) is 2. The van der Waals surface area contributed by atoms with Gasteiger partial charge in [0.25, 0.3) is 5.91 Å². The van der Waals surface area contributed by atoms with Crippen LogP contribution in [0.15, 0.2) is 24.9 Å². The van der Waals surface area contributed by atoms with Gasteiger partial charge in [0.2, 0.25) is 0 Å². The van der Waals surface area contributed by atoms with E-state index < -0.39 is 22.9 Å². The van der Waals surface area contributed by atoms with Crippen molar-refractivity contribution >= 4 is 46.9 Å². The van der Waals surface area contributed by atoms with Crippen LogP contribution in [0, 0.1) is 5.82 Å². The number of aromatic nitrogens is 2. The highest BCUT2D eigenvalue weighted by Crippen LogP contribution is 2.26. The Labute approximate surface area is 159 Å². The fraction of sp³-hybridized carbons (Fsp3) is 0.176. The van der Waals surface area contributed by atoms with Crippen LogP contribution < -0.4 is 10.6 Å². The first-order chi connectivity index (χ1) is 12.2. The predicted molar refractivity (Wildman–Crippen MR) is 99.1 cm³/mol. The second-order valence-electron chi connectivity index (χ2n) is 5.53. The quantitative estimate of drug-likeness (QED) is 0.736. The number of carbonyl (C=O) groups is 2. The first kappa shape index (κ1) is 19.8. The summed E-state index contributed by atoms with van der Waals surface area (Å²) >= 11 is 11.3. The molecular weight excluding hydrogens is 382 g/mol. The van der Waals surface area contributed by atoms with Crippen molar-refractivity contribution in [1.82, 2.24) is 15.3 Å². The van der Waals surface area contributed by atoms with Gasteiger partial charge in [-0.15, -0.1) is 0 Å². The van der Waals surface area contributed by atoms with Crippen molar-refractivity contribution in [2.24, 2.45) is 0 Å². The average molecular weight is 397 g/mol. The fourth-order valence-electron chi connectivity index (χ4n) is 2.16. The molecule has 136 valence electrons. The highest BCUT2D eigenvalue weighted by Gasteiger charge is 2.20. The molecule has 6 nitrogen and oxygen atoms in total. The molecule has 2 rings (SSSR count). The molecule has 0 aliphatic rings. The third kappa shape index (κ3) is 4.36. The molecule has 26 heavy (non-hydrogen) atoms. The van der Waals surface area contributed by atoms with E-state index in [1.54, 1.807) is 18.3 Å². The minimum Gasteiger partial charge on any atom is -0.305 e. The maximum atomic E-state index is 13.5. The third-order valence-corrected chi connectivity index (χ3v) is 3.93. The maximum Gasteiger partial charge on any atom is 0.326 e. The molecule has 0 aromatic carbocycles. The Morgan fingerprint density at radius 3 is 2.62 bits per heavy atom. The highest BCUT2D eigenvalue weighted by atomic mass is 35.5. The number of imide groups is 1. The van der Waals surface area contributed by atoms with Crippen LogP contribution in [-0.2, 0) is 0 Å². The van der Waals surface area contributed by atoms with E-state index in [2.05, 4.69) is 27.2 Å². The molecule has 0 atom stereocenters. The molecule has 3 amide bonds. The molecule has 0 fully saturated rings. The minimum atomic E-state index is -0.926.